The van der Waals surface area contributed by atoms with E-state index in [0.717, 1.165) is 15.9 Å². The van der Waals surface area contributed by atoms with Crippen LogP contribution >= 0.6 is 31.9 Å². The number of hydrogen-bond acceptors (Lipinski definition) is 2. The molecule has 1 aromatic rings. The first-order chi connectivity index (χ1) is 7.39. The van der Waals surface area contributed by atoms with Gasteiger partial charge in [-0.2, -0.15) is 0 Å². The van der Waals surface area contributed by atoms with Crippen LogP contribution in [0.5, 0.6) is 0 Å². The normalized spacial score (nSPS) is 19.2. The summed E-state index contributed by atoms with van der Waals surface area (Å²) in [6.07, 6.45) is -0.0832. The number of aromatic nitrogens is 1. The third kappa shape index (κ3) is 2.37. The Labute approximate surface area is 109 Å². The summed E-state index contributed by atoms with van der Waals surface area (Å²) in [7, 11) is 0. The molecule has 1 aliphatic heterocycles. The van der Waals surface area contributed by atoms with E-state index in [2.05, 4.69) is 36.8 Å². The third-order valence-corrected chi connectivity index (χ3v) is 4.35. The zero-order valence-corrected chi connectivity index (χ0v) is 11.8. The summed E-state index contributed by atoms with van der Waals surface area (Å²) >= 11 is 6.62. The number of alkyl halides is 2. The van der Waals surface area contributed by atoms with Gasteiger partial charge in [0.1, 0.15) is 4.60 Å². The number of pyridine rings is 1. The Morgan fingerprint density at radius 1 is 1.44 bits per heavy atom. The van der Waals surface area contributed by atoms with E-state index in [-0.39, 0.29) is 13.0 Å². The van der Waals surface area contributed by atoms with Crippen molar-refractivity contribution >= 4 is 37.5 Å². The first-order valence-corrected chi connectivity index (χ1v) is 6.43. The van der Waals surface area contributed by atoms with Crippen LogP contribution in [-0.2, 0) is 0 Å². The van der Waals surface area contributed by atoms with Gasteiger partial charge in [0.25, 0.3) is 5.92 Å². The molecule has 0 amide bonds. The van der Waals surface area contributed by atoms with Gasteiger partial charge in [0, 0.05) is 13.0 Å². The summed E-state index contributed by atoms with van der Waals surface area (Å²) in [5, 5.41) is 0. The molecular formula is C10H10Br2F2N2. The maximum absolute atomic E-state index is 13.1. The second-order valence-electron chi connectivity index (χ2n) is 3.89. The fourth-order valence-corrected chi connectivity index (χ4v) is 2.49. The molecule has 0 saturated carbocycles. The molecule has 0 unspecified atom stereocenters. The molecule has 1 saturated heterocycles. The number of halogens is 4. The van der Waals surface area contributed by atoms with E-state index in [1.807, 2.05) is 13.0 Å². The lowest BCUT2D eigenvalue weighted by Crippen LogP contribution is -2.25. The minimum absolute atomic E-state index is 0.0832. The van der Waals surface area contributed by atoms with Crippen molar-refractivity contribution in [3.8, 4) is 0 Å². The Morgan fingerprint density at radius 3 is 2.69 bits per heavy atom. The summed E-state index contributed by atoms with van der Waals surface area (Å²) in [4.78, 5) is 5.93. The van der Waals surface area contributed by atoms with Gasteiger partial charge in [-0.3, -0.25) is 0 Å². The van der Waals surface area contributed by atoms with Crippen molar-refractivity contribution in [3.05, 3.63) is 20.8 Å². The van der Waals surface area contributed by atoms with Crippen LogP contribution in [0.25, 0.3) is 0 Å². The van der Waals surface area contributed by atoms with Crippen LogP contribution in [0, 0.1) is 6.92 Å². The molecule has 2 heterocycles. The van der Waals surface area contributed by atoms with Gasteiger partial charge in [-0.05, 0) is 44.8 Å². The van der Waals surface area contributed by atoms with Crippen molar-refractivity contribution in [2.75, 3.05) is 18.0 Å². The zero-order valence-electron chi connectivity index (χ0n) is 8.60. The smallest absolute Gasteiger partial charge is 0.266 e. The van der Waals surface area contributed by atoms with Crippen molar-refractivity contribution < 1.29 is 8.78 Å². The highest BCUT2D eigenvalue weighted by Crippen LogP contribution is 2.34. The highest BCUT2D eigenvalue weighted by atomic mass is 79.9. The fourth-order valence-electron chi connectivity index (χ4n) is 1.80. The average molecular weight is 356 g/mol. The molecule has 1 aliphatic rings. The largest absolute Gasteiger partial charge is 0.364 e. The second kappa shape index (κ2) is 4.22. The number of rotatable bonds is 1. The molecule has 1 fully saturated rings. The number of nitrogens with zero attached hydrogens (tertiary/aromatic N) is 2. The lowest BCUT2D eigenvalue weighted by molar-refractivity contribution is 0.0257. The van der Waals surface area contributed by atoms with Crippen LogP contribution < -0.4 is 4.90 Å². The lowest BCUT2D eigenvalue weighted by Gasteiger charge is -2.20. The molecule has 0 spiro atoms. The van der Waals surface area contributed by atoms with E-state index >= 15 is 0 Å². The minimum atomic E-state index is -2.58. The molecule has 0 N–H and O–H groups in total. The van der Waals surface area contributed by atoms with Crippen molar-refractivity contribution in [1.82, 2.24) is 4.98 Å². The zero-order chi connectivity index (χ0) is 11.9. The molecule has 0 aromatic carbocycles. The summed E-state index contributed by atoms with van der Waals surface area (Å²) in [6.45, 7) is 1.98. The maximum atomic E-state index is 13.1. The summed E-state index contributed by atoms with van der Waals surface area (Å²) < 4.78 is 27.7. The van der Waals surface area contributed by atoms with E-state index in [4.69, 9.17) is 0 Å². The third-order valence-electron chi connectivity index (χ3n) is 2.61. The average Bonchev–Trinajstić information content (AvgIpc) is 2.52. The molecule has 2 rings (SSSR count). The molecule has 88 valence electrons. The van der Waals surface area contributed by atoms with Gasteiger partial charge in [-0.15, -0.1) is 0 Å². The van der Waals surface area contributed by atoms with Crippen LogP contribution in [0.1, 0.15) is 12.1 Å². The Hall–Kier alpha value is -0.230. The van der Waals surface area contributed by atoms with E-state index in [9.17, 15) is 8.78 Å². The van der Waals surface area contributed by atoms with Crippen molar-refractivity contribution in [1.29, 1.82) is 0 Å². The Morgan fingerprint density at radius 2 is 2.12 bits per heavy atom. The van der Waals surface area contributed by atoms with Crippen molar-refractivity contribution in [2.24, 2.45) is 0 Å². The van der Waals surface area contributed by atoms with E-state index in [0.29, 0.717) is 11.1 Å². The van der Waals surface area contributed by atoms with Crippen molar-refractivity contribution in [2.45, 2.75) is 19.3 Å². The Bertz CT molecular complexity index is 424. The minimum Gasteiger partial charge on any atom is -0.364 e. The lowest BCUT2D eigenvalue weighted by atomic mass is 10.3. The van der Waals surface area contributed by atoms with E-state index in [1.54, 1.807) is 4.90 Å². The van der Waals surface area contributed by atoms with Gasteiger partial charge >= 0.3 is 0 Å². The molecule has 0 aliphatic carbocycles. The molecule has 0 radical (unpaired) electrons. The molecule has 2 nitrogen and oxygen atoms in total. The van der Waals surface area contributed by atoms with Gasteiger partial charge in [0.05, 0.1) is 22.4 Å². The monoisotopic (exact) mass is 354 g/mol. The molecule has 1 aromatic heterocycles. The topological polar surface area (TPSA) is 16.1 Å². The number of hydrogen-bond donors (Lipinski definition) is 0. The predicted molar refractivity (Wildman–Crippen MR) is 66.2 cm³/mol. The first-order valence-electron chi connectivity index (χ1n) is 4.84. The standard InChI is InChI=1S/C10H10Br2F2N2/c1-6-8(4-7(11)9(12)15-6)16-3-2-10(13,14)5-16/h4H,2-3,5H2,1H3. The van der Waals surface area contributed by atoms with Gasteiger partial charge in [-0.1, -0.05) is 0 Å². The molecule has 0 bridgehead atoms. The molecular weight excluding hydrogens is 346 g/mol. The Kier molecular flexibility index (Phi) is 3.22. The highest BCUT2D eigenvalue weighted by Gasteiger charge is 2.38. The highest BCUT2D eigenvalue weighted by molar-refractivity contribution is 9.13. The summed E-state index contributed by atoms with van der Waals surface area (Å²) in [5.74, 6) is -2.58. The van der Waals surface area contributed by atoms with Gasteiger partial charge in [0.2, 0.25) is 0 Å². The van der Waals surface area contributed by atoms with Crippen LogP contribution in [0.15, 0.2) is 15.1 Å². The first kappa shape index (κ1) is 12.2. The molecule has 6 heteroatoms. The molecule has 0 atom stereocenters. The van der Waals surface area contributed by atoms with Crippen LogP contribution in [-0.4, -0.2) is 24.0 Å². The van der Waals surface area contributed by atoms with E-state index in [1.165, 1.54) is 0 Å². The second-order valence-corrected chi connectivity index (χ2v) is 5.50. The van der Waals surface area contributed by atoms with Crippen LogP contribution in [0.2, 0.25) is 0 Å². The number of anilines is 1. The number of aryl methyl sites for hydroxylation is 1. The van der Waals surface area contributed by atoms with Crippen LogP contribution in [0.3, 0.4) is 0 Å². The van der Waals surface area contributed by atoms with Crippen LogP contribution in [0.4, 0.5) is 14.5 Å². The van der Waals surface area contributed by atoms with Gasteiger partial charge in [0.15, 0.2) is 0 Å². The quantitative estimate of drug-likeness (QED) is 0.713. The Balaban J connectivity index is 2.32. The maximum Gasteiger partial charge on any atom is 0.266 e. The fraction of sp³-hybridized carbons (Fsp3) is 0.500. The molecule has 16 heavy (non-hydrogen) atoms. The summed E-state index contributed by atoms with van der Waals surface area (Å²) in [6, 6.07) is 1.83. The predicted octanol–water partition coefficient (Wildman–Crippen LogP) is 3.76. The summed E-state index contributed by atoms with van der Waals surface area (Å²) in [5.41, 5.74) is 1.53. The van der Waals surface area contributed by atoms with Crippen molar-refractivity contribution in [3.63, 3.8) is 0 Å². The van der Waals surface area contributed by atoms with Gasteiger partial charge in [-0.25, -0.2) is 13.8 Å². The van der Waals surface area contributed by atoms with Gasteiger partial charge < -0.3 is 4.90 Å². The SMILES string of the molecule is Cc1nc(Br)c(Br)cc1N1CCC(F)(F)C1. The van der Waals surface area contributed by atoms with E-state index < -0.39 is 5.92 Å².